The fourth-order valence-electron chi connectivity index (χ4n) is 4.33. The lowest BCUT2D eigenvalue weighted by Gasteiger charge is -2.26. The number of ether oxygens (including phenoxy) is 1. The van der Waals surface area contributed by atoms with Crippen LogP contribution >= 0.6 is 0 Å². The van der Waals surface area contributed by atoms with Crippen LogP contribution in [0.4, 0.5) is 0 Å². The first-order valence-electron chi connectivity index (χ1n) is 10.9. The number of benzene rings is 3. The largest absolute Gasteiger partial charge is 0.494 e. The molecule has 5 heteroatoms. The van der Waals surface area contributed by atoms with Gasteiger partial charge in [-0.05, 0) is 37.1 Å². The Morgan fingerprint density at radius 2 is 1.69 bits per heavy atom. The Bertz CT molecular complexity index is 1230. The maximum atomic E-state index is 13.5. The molecule has 32 heavy (non-hydrogen) atoms. The number of aryl methyl sites for hydroxylation is 1. The molecule has 1 N–H and O–H groups in total. The maximum Gasteiger partial charge on any atom is 0.273 e. The van der Waals surface area contributed by atoms with Crippen molar-refractivity contribution in [1.29, 1.82) is 0 Å². The Balaban J connectivity index is 1.60. The lowest BCUT2D eigenvalue weighted by atomic mass is 9.96. The zero-order chi connectivity index (χ0) is 22.1. The van der Waals surface area contributed by atoms with Crippen LogP contribution in [0.5, 0.6) is 5.75 Å². The highest BCUT2D eigenvalue weighted by Gasteiger charge is 2.42. The molecule has 0 saturated carbocycles. The first-order chi connectivity index (χ1) is 15.7. The molecule has 1 unspecified atom stereocenters. The van der Waals surface area contributed by atoms with Gasteiger partial charge in [0.2, 0.25) is 0 Å². The number of hydrogen-bond donors (Lipinski definition) is 1. The Hall–Kier alpha value is -3.86. The van der Waals surface area contributed by atoms with E-state index in [1.54, 1.807) is 0 Å². The summed E-state index contributed by atoms with van der Waals surface area (Å²) in [6.45, 7) is 5.17. The standard InChI is InChI=1S/C27H25N3O2/c1-3-32-22-15-13-21(14-16-22)26-23-24(20-7-5-4-6-8-20)28-29-25(23)27(31)30(26)17-19-11-9-18(2)10-12-19/h4-16,26H,3,17H2,1-2H3,(H,28,29). The molecular formula is C27H25N3O2. The van der Waals surface area contributed by atoms with E-state index >= 15 is 0 Å². The van der Waals surface area contributed by atoms with Crippen molar-refractivity contribution in [2.24, 2.45) is 0 Å². The highest BCUT2D eigenvalue weighted by Crippen LogP contribution is 2.43. The van der Waals surface area contributed by atoms with Crippen LogP contribution in [0.1, 0.15) is 45.7 Å². The number of carbonyl (C=O) groups is 1. The minimum absolute atomic E-state index is 0.0332. The van der Waals surface area contributed by atoms with Gasteiger partial charge in [0, 0.05) is 17.7 Å². The number of amides is 1. The predicted molar refractivity (Wildman–Crippen MR) is 125 cm³/mol. The summed E-state index contributed by atoms with van der Waals surface area (Å²) < 4.78 is 5.63. The normalized spacial score (nSPS) is 15.1. The van der Waals surface area contributed by atoms with E-state index in [1.165, 1.54) is 5.56 Å². The van der Waals surface area contributed by atoms with E-state index in [2.05, 4.69) is 41.4 Å². The van der Waals surface area contributed by atoms with E-state index in [9.17, 15) is 4.79 Å². The van der Waals surface area contributed by atoms with Gasteiger partial charge in [0.25, 0.3) is 5.91 Å². The van der Waals surface area contributed by atoms with E-state index in [-0.39, 0.29) is 11.9 Å². The summed E-state index contributed by atoms with van der Waals surface area (Å²) in [4.78, 5) is 15.4. The Morgan fingerprint density at radius 3 is 2.38 bits per heavy atom. The fraction of sp³-hybridized carbons (Fsp3) is 0.185. The summed E-state index contributed by atoms with van der Waals surface area (Å²) in [6.07, 6.45) is 0. The number of aromatic nitrogens is 2. The minimum atomic E-state index is -0.233. The molecule has 0 aliphatic carbocycles. The van der Waals surface area contributed by atoms with Gasteiger partial charge in [-0.15, -0.1) is 0 Å². The smallest absolute Gasteiger partial charge is 0.273 e. The number of fused-ring (bicyclic) bond motifs is 1. The molecule has 1 aliphatic rings. The molecule has 3 aromatic carbocycles. The molecular weight excluding hydrogens is 398 g/mol. The lowest BCUT2D eigenvalue weighted by molar-refractivity contribution is 0.0730. The number of hydrogen-bond acceptors (Lipinski definition) is 3. The average Bonchev–Trinajstić information content (AvgIpc) is 3.36. The van der Waals surface area contributed by atoms with Crippen molar-refractivity contribution < 1.29 is 9.53 Å². The van der Waals surface area contributed by atoms with Crippen molar-refractivity contribution in [1.82, 2.24) is 15.1 Å². The van der Waals surface area contributed by atoms with Gasteiger partial charge >= 0.3 is 0 Å². The molecule has 4 aromatic rings. The van der Waals surface area contributed by atoms with E-state index in [0.717, 1.165) is 33.7 Å². The van der Waals surface area contributed by atoms with E-state index < -0.39 is 0 Å². The van der Waals surface area contributed by atoms with Gasteiger partial charge in [0.1, 0.15) is 11.4 Å². The highest BCUT2D eigenvalue weighted by molar-refractivity contribution is 6.00. The third kappa shape index (κ3) is 3.56. The molecule has 0 saturated heterocycles. The van der Waals surface area contributed by atoms with Gasteiger partial charge in [0.05, 0.1) is 18.3 Å². The van der Waals surface area contributed by atoms with Crippen molar-refractivity contribution in [3.05, 3.63) is 107 Å². The van der Waals surface area contributed by atoms with Gasteiger partial charge in [-0.2, -0.15) is 5.10 Å². The van der Waals surface area contributed by atoms with Gasteiger partial charge < -0.3 is 9.64 Å². The number of nitrogens with one attached hydrogen (secondary N) is 1. The van der Waals surface area contributed by atoms with Gasteiger partial charge in [-0.25, -0.2) is 0 Å². The summed E-state index contributed by atoms with van der Waals surface area (Å²) in [5.74, 6) is 0.787. The Labute approximate surface area is 187 Å². The molecule has 5 rings (SSSR count). The van der Waals surface area contributed by atoms with Crippen molar-refractivity contribution in [2.75, 3.05) is 6.61 Å². The van der Waals surface area contributed by atoms with Crippen LogP contribution in [0.2, 0.25) is 0 Å². The summed E-state index contributed by atoms with van der Waals surface area (Å²) in [5.41, 5.74) is 6.63. The molecule has 1 aliphatic heterocycles. The van der Waals surface area contributed by atoms with Crippen molar-refractivity contribution in [3.8, 4) is 17.0 Å². The van der Waals surface area contributed by atoms with Crippen molar-refractivity contribution in [3.63, 3.8) is 0 Å². The number of carbonyl (C=O) groups excluding carboxylic acids is 1. The SMILES string of the molecule is CCOc1ccc(C2c3c(-c4ccccc4)n[nH]c3C(=O)N2Cc2ccc(C)cc2)cc1. The van der Waals surface area contributed by atoms with Crippen molar-refractivity contribution in [2.45, 2.75) is 26.4 Å². The van der Waals surface area contributed by atoms with E-state index in [1.807, 2.05) is 66.4 Å². The molecule has 160 valence electrons. The van der Waals surface area contributed by atoms with Gasteiger partial charge in [0.15, 0.2) is 0 Å². The lowest BCUT2D eigenvalue weighted by Crippen LogP contribution is -2.29. The van der Waals surface area contributed by atoms with Crippen LogP contribution in [-0.2, 0) is 6.54 Å². The van der Waals surface area contributed by atoms with Crippen LogP contribution in [0.15, 0.2) is 78.9 Å². The predicted octanol–water partition coefficient (Wildman–Crippen LogP) is 5.53. The van der Waals surface area contributed by atoms with Crippen LogP contribution in [0.25, 0.3) is 11.3 Å². The van der Waals surface area contributed by atoms with Crippen LogP contribution in [0, 0.1) is 6.92 Å². The zero-order valence-corrected chi connectivity index (χ0v) is 18.2. The number of aromatic amines is 1. The second-order valence-corrected chi connectivity index (χ2v) is 8.05. The minimum Gasteiger partial charge on any atom is -0.494 e. The second-order valence-electron chi connectivity index (χ2n) is 8.05. The fourth-order valence-corrected chi connectivity index (χ4v) is 4.33. The first-order valence-corrected chi connectivity index (χ1v) is 10.9. The molecule has 5 nitrogen and oxygen atoms in total. The summed E-state index contributed by atoms with van der Waals surface area (Å²) in [7, 11) is 0. The highest BCUT2D eigenvalue weighted by atomic mass is 16.5. The van der Waals surface area contributed by atoms with E-state index in [0.29, 0.717) is 18.8 Å². The monoisotopic (exact) mass is 423 g/mol. The summed E-state index contributed by atoms with van der Waals surface area (Å²) in [5, 5.41) is 7.56. The molecule has 1 atom stereocenters. The molecule has 0 spiro atoms. The molecule has 1 aromatic heterocycles. The molecule has 0 radical (unpaired) electrons. The van der Waals surface area contributed by atoms with Gasteiger partial charge in [-0.3, -0.25) is 9.89 Å². The van der Waals surface area contributed by atoms with Gasteiger partial charge in [-0.1, -0.05) is 72.3 Å². The quantitative estimate of drug-likeness (QED) is 0.444. The molecule has 2 heterocycles. The topological polar surface area (TPSA) is 58.2 Å². The third-order valence-corrected chi connectivity index (χ3v) is 5.89. The van der Waals surface area contributed by atoms with Crippen LogP contribution < -0.4 is 4.74 Å². The number of nitrogens with zero attached hydrogens (tertiary/aromatic N) is 2. The first kappa shape index (κ1) is 20.1. The Morgan fingerprint density at radius 1 is 0.969 bits per heavy atom. The average molecular weight is 424 g/mol. The summed E-state index contributed by atoms with van der Waals surface area (Å²) in [6, 6.07) is 26.1. The molecule has 0 bridgehead atoms. The van der Waals surface area contributed by atoms with E-state index in [4.69, 9.17) is 4.74 Å². The molecule has 1 amide bonds. The zero-order valence-electron chi connectivity index (χ0n) is 18.2. The number of H-pyrrole nitrogens is 1. The van der Waals surface area contributed by atoms with Crippen LogP contribution in [0.3, 0.4) is 0 Å². The second kappa shape index (κ2) is 8.35. The third-order valence-electron chi connectivity index (χ3n) is 5.89. The van der Waals surface area contributed by atoms with Crippen LogP contribution in [-0.4, -0.2) is 27.6 Å². The maximum absolute atomic E-state index is 13.5. The molecule has 0 fully saturated rings. The summed E-state index contributed by atoms with van der Waals surface area (Å²) >= 11 is 0. The number of rotatable bonds is 6. The van der Waals surface area contributed by atoms with Crippen molar-refractivity contribution >= 4 is 5.91 Å². The Kier molecular flexibility index (Phi) is 5.23.